The number of imidazole rings is 1. The molecule has 1 heterocycles. The molecule has 0 aliphatic heterocycles. The van der Waals surface area contributed by atoms with Gasteiger partial charge in [-0.15, -0.1) is 0 Å². The lowest BCUT2D eigenvalue weighted by Crippen LogP contribution is -2.24. The number of nitrogens with zero attached hydrogens (tertiary/aromatic N) is 2. The van der Waals surface area contributed by atoms with E-state index in [2.05, 4.69) is 4.98 Å². The third-order valence-electron chi connectivity index (χ3n) is 5.48. The third kappa shape index (κ3) is 4.53. The molecule has 4 rings (SSSR count). The highest BCUT2D eigenvalue weighted by Crippen LogP contribution is 2.42. The molecule has 0 spiro atoms. The topological polar surface area (TPSA) is 90.4 Å². The minimum absolute atomic E-state index is 0.123. The van der Waals surface area contributed by atoms with Gasteiger partial charge in [0, 0.05) is 18.0 Å². The number of halogens is 1. The highest BCUT2D eigenvalue weighted by molar-refractivity contribution is 5.97. The molecule has 1 aliphatic rings. The quantitative estimate of drug-likeness (QED) is 0.544. The standard InChI is InChI=1S/C25H28FN3O3/c1-25(2,3)32-23(30)19-7-5-4-6-18(19)16-10-11-17(20(26)12-16)14-29-21(13-27)22(15-8-9-15)28-24(29)31/h4-7,10-12,15H,8-9,13-14,27H2,1-3H3,(H,28,31). The van der Waals surface area contributed by atoms with Crippen molar-refractivity contribution in [1.82, 2.24) is 9.55 Å². The molecule has 0 unspecified atom stereocenters. The lowest BCUT2D eigenvalue weighted by atomic mass is 9.98. The molecule has 0 atom stereocenters. The second-order valence-electron chi connectivity index (χ2n) is 9.16. The highest BCUT2D eigenvalue weighted by atomic mass is 19.1. The molecule has 32 heavy (non-hydrogen) atoms. The van der Waals surface area contributed by atoms with Crippen molar-refractivity contribution in [2.75, 3.05) is 0 Å². The van der Waals surface area contributed by atoms with Crippen LogP contribution in [0.25, 0.3) is 11.1 Å². The Bertz CT molecular complexity index is 1160. The van der Waals surface area contributed by atoms with Crippen LogP contribution in [0, 0.1) is 5.82 Å². The number of hydrogen-bond donors (Lipinski definition) is 2. The maximum Gasteiger partial charge on any atom is 0.339 e. The van der Waals surface area contributed by atoms with E-state index >= 15 is 4.39 Å². The van der Waals surface area contributed by atoms with Crippen LogP contribution in [0.2, 0.25) is 0 Å². The second-order valence-corrected chi connectivity index (χ2v) is 9.16. The lowest BCUT2D eigenvalue weighted by Gasteiger charge is -2.20. The van der Waals surface area contributed by atoms with Crippen molar-refractivity contribution in [2.24, 2.45) is 5.73 Å². The fourth-order valence-corrected chi connectivity index (χ4v) is 3.82. The Morgan fingerprint density at radius 3 is 2.59 bits per heavy atom. The van der Waals surface area contributed by atoms with Crippen LogP contribution < -0.4 is 5.73 Å². The zero-order valence-corrected chi connectivity index (χ0v) is 18.6. The number of aromatic hydroxyl groups is 1. The Hall–Kier alpha value is -3.19. The molecule has 2 aromatic carbocycles. The molecular weight excluding hydrogens is 409 g/mol. The van der Waals surface area contributed by atoms with Crippen molar-refractivity contribution in [3.63, 3.8) is 0 Å². The van der Waals surface area contributed by atoms with Gasteiger partial charge in [-0.1, -0.05) is 30.3 Å². The zero-order chi connectivity index (χ0) is 23.0. The molecule has 1 fully saturated rings. The first-order valence-corrected chi connectivity index (χ1v) is 10.8. The van der Waals surface area contributed by atoms with Gasteiger partial charge in [0.1, 0.15) is 11.4 Å². The summed E-state index contributed by atoms with van der Waals surface area (Å²) in [6.45, 7) is 5.76. The Morgan fingerprint density at radius 2 is 1.97 bits per heavy atom. The van der Waals surface area contributed by atoms with Crippen LogP contribution in [-0.4, -0.2) is 26.2 Å². The van der Waals surface area contributed by atoms with Crippen LogP contribution in [0.3, 0.4) is 0 Å². The van der Waals surface area contributed by atoms with Gasteiger partial charge in [-0.3, -0.25) is 4.57 Å². The fraction of sp³-hybridized carbons (Fsp3) is 0.360. The molecule has 3 N–H and O–H groups in total. The van der Waals surface area contributed by atoms with E-state index in [-0.39, 0.29) is 19.1 Å². The number of ether oxygens (including phenoxy) is 1. The molecule has 0 saturated heterocycles. The third-order valence-corrected chi connectivity index (χ3v) is 5.48. The van der Waals surface area contributed by atoms with E-state index in [9.17, 15) is 9.90 Å². The average molecular weight is 438 g/mol. The Kier molecular flexibility index (Phi) is 5.77. The number of benzene rings is 2. The second kappa shape index (κ2) is 8.39. The summed E-state index contributed by atoms with van der Waals surface area (Å²) in [4.78, 5) is 16.9. The van der Waals surface area contributed by atoms with Crippen molar-refractivity contribution in [1.29, 1.82) is 0 Å². The predicted molar refractivity (Wildman–Crippen MR) is 120 cm³/mol. The molecule has 0 radical (unpaired) electrons. The predicted octanol–water partition coefficient (Wildman–Crippen LogP) is 4.73. The SMILES string of the molecule is CC(C)(C)OC(=O)c1ccccc1-c1ccc(Cn2c(O)nc(C3CC3)c2CN)c(F)c1. The van der Waals surface area contributed by atoms with Crippen molar-refractivity contribution in [3.05, 3.63) is 70.8 Å². The van der Waals surface area contributed by atoms with E-state index in [4.69, 9.17) is 10.5 Å². The summed E-state index contributed by atoms with van der Waals surface area (Å²) in [5, 5.41) is 10.3. The molecule has 168 valence electrons. The summed E-state index contributed by atoms with van der Waals surface area (Å²) in [5.74, 6) is -0.566. The molecule has 6 nitrogen and oxygen atoms in total. The maximum atomic E-state index is 15.1. The van der Waals surface area contributed by atoms with Crippen LogP contribution in [-0.2, 0) is 17.8 Å². The number of aromatic nitrogens is 2. The van der Waals surface area contributed by atoms with Gasteiger partial charge in [-0.2, -0.15) is 4.98 Å². The summed E-state index contributed by atoms with van der Waals surface area (Å²) in [7, 11) is 0. The molecule has 0 amide bonds. The first-order valence-electron chi connectivity index (χ1n) is 10.8. The zero-order valence-electron chi connectivity index (χ0n) is 18.6. The van der Waals surface area contributed by atoms with E-state index in [0.29, 0.717) is 28.2 Å². The van der Waals surface area contributed by atoms with Crippen LogP contribution >= 0.6 is 0 Å². The van der Waals surface area contributed by atoms with Crippen LogP contribution in [0.4, 0.5) is 4.39 Å². The molecule has 7 heteroatoms. The molecule has 1 saturated carbocycles. The van der Waals surface area contributed by atoms with Gasteiger partial charge in [0.25, 0.3) is 6.01 Å². The van der Waals surface area contributed by atoms with E-state index in [0.717, 1.165) is 24.2 Å². The maximum absolute atomic E-state index is 15.1. The number of hydrogen-bond acceptors (Lipinski definition) is 5. The first-order chi connectivity index (χ1) is 15.2. The van der Waals surface area contributed by atoms with Gasteiger partial charge in [-0.05, 0) is 56.9 Å². The summed E-state index contributed by atoms with van der Waals surface area (Å²) >= 11 is 0. The van der Waals surface area contributed by atoms with E-state index in [1.807, 2.05) is 0 Å². The number of nitrogens with two attached hydrogens (primary N) is 1. The number of rotatable bonds is 6. The highest BCUT2D eigenvalue weighted by Gasteiger charge is 2.31. The molecule has 0 bridgehead atoms. The summed E-state index contributed by atoms with van der Waals surface area (Å²) in [5.41, 5.74) is 8.76. The van der Waals surface area contributed by atoms with Gasteiger partial charge in [0.05, 0.1) is 23.5 Å². The number of carbonyl (C=O) groups excluding carboxylic acids is 1. The van der Waals surface area contributed by atoms with Gasteiger partial charge in [-0.25, -0.2) is 9.18 Å². The Labute approximate surface area is 186 Å². The molecular formula is C25H28FN3O3. The summed E-state index contributed by atoms with van der Waals surface area (Å²) in [6, 6.07) is 11.7. The Balaban J connectivity index is 1.64. The van der Waals surface area contributed by atoms with Crippen molar-refractivity contribution in [3.8, 4) is 17.1 Å². The minimum Gasteiger partial charge on any atom is -0.480 e. The average Bonchev–Trinajstić information content (AvgIpc) is 3.53. The van der Waals surface area contributed by atoms with E-state index < -0.39 is 17.4 Å². The van der Waals surface area contributed by atoms with Gasteiger partial charge in [0.2, 0.25) is 0 Å². The monoisotopic (exact) mass is 437 g/mol. The number of esters is 1. The first kappa shape index (κ1) is 22.0. The van der Waals surface area contributed by atoms with E-state index in [1.165, 1.54) is 6.07 Å². The summed E-state index contributed by atoms with van der Waals surface area (Å²) in [6.07, 6.45) is 2.06. The van der Waals surface area contributed by atoms with Crippen molar-refractivity contribution in [2.45, 2.75) is 58.2 Å². The van der Waals surface area contributed by atoms with Crippen molar-refractivity contribution >= 4 is 5.97 Å². The normalized spacial score (nSPS) is 13.9. The van der Waals surface area contributed by atoms with Crippen LogP contribution in [0.1, 0.15) is 66.8 Å². The molecule has 3 aromatic rings. The van der Waals surface area contributed by atoms with Gasteiger partial charge in [0.15, 0.2) is 0 Å². The van der Waals surface area contributed by atoms with E-state index in [1.54, 1.807) is 61.7 Å². The van der Waals surface area contributed by atoms with Crippen LogP contribution in [0.5, 0.6) is 6.01 Å². The number of carbonyl (C=O) groups is 1. The van der Waals surface area contributed by atoms with Gasteiger partial charge >= 0.3 is 5.97 Å². The smallest absolute Gasteiger partial charge is 0.339 e. The lowest BCUT2D eigenvalue weighted by molar-refractivity contribution is 0.00704. The fourth-order valence-electron chi connectivity index (χ4n) is 3.82. The largest absolute Gasteiger partial charge is 0.480 e. The van der Waals surface area contributed by atoms with Gasteiger partial charge < -0.3 is 15.6 Å². The molecule has 1 aromatic heterocycles. The van der Waals surface area contributed by atoms with Crippen LogP contribution in [0.15, 0.2) is 42.5 Å². The minimum atomic E-state index is -0.633. The van der Waals surface area contributed by atoms with Crippen molar-refractivity contribution < 1.29 is 19.0 Å². The molecule has 1 aliphatic carbocycles. The Morgan fingerprint density at radius 1 is 1.25 bits per heavy atom. The summed E-state index contributed by atoms with van der Waals surface area (Å²) < 4.78 is 22.2.